The molecule has 176 valence electrons. The summed E-state index contributed by atoms with van der Waals surface area (Å²) in [5.74, 6) is 1.62. The van der Waals surface area contributed by atoms with Crippen molar-refractivity contribution in [2.24, 2.45) is 5.92 Å². The smallest absolute Gasteiger partial charge is 0.407 e. The third-order valence-electron chi connectivity index (χ3n) is 5.57. The lowest BCUT2D eigenvalue weighted by Crippen LogP contribution is -2.35. The molecule has 1 aliphatic rings. The van der Waals surface area contributed by atoms with Gasteiger partial charge in [0, 0.05) is 17.5 Å². The fourth-order valence-corrected chi connectivity index (χ4v) is 5.14. The number of thiazole rings is 1. The molecule has 9 heteroatoms. The van der Waals surface area contributed by atoms with Crippen molar-refractivity contribution in [3.63, 3.8) is 0 Å². The van der Waals surface area contributed by atoms with Crippen LogP contribution in [0.3, 0.4) is 0 Å². The maximum Gasteiger partial charge on any atom is 0.407 e. The van der Waals surface area contributed by atoms with E-state index in [0.717, 1.165) is 48.7 Å². The fourth-order valence-electron chi connectivity index (χ4n) is 4.01. The first kappa shape index (κ1) is 22.3. The number of carbonyl (C=O) groups excluding carboxylic acids is 1. The van der Waals surface area contributed by atoms with Gasteiger partial charge in [-0.3, -0.25) is 0 Å². The summed E-state index contributed by atoms with van der Waals surface area (Å²) >= 11 is 1.62. The first-order chi connectivity index (χ1) is 16.4. The van der Waals surface area contributed by atoms with Crippen molar-refractivity contribution >= 4 is 38.7 Å². The Morgan fingerprint density at radius 3 is 2.91 bits per heavy atom. The van der Waals surface area contributed by atoms with Gasteiger partial charge < -0.3 is 19.5 Å². The van der Waals surface area contributed by atoms with E-state index in [1.54, 1.807) is 24.6 Å². The van der Waals surface area contributed by atoms with Gasteiger partial charge in [0.05, 0.1) is 47.7 Å². The standard InChI is InChI=1S/C25H26N4O4S/c1-13(2)12-32-25(30)27-10-15-9-16-20(33-15)6-5-18-23(16)34-24(29-18)17-7-14(3)8-19-22(17)26-11-21(28-19)31-4/h5-8,11,13,15H,9-10,12H2,1-4H3,(H,27,30)/t15-/m0/s1. The van der Waals surface area contributed by atoms with E-state index in [4.69, 9.17) is 19.2 Å². The number of amides is 1. The second kappa shape index (κ2) is 9.06. The highest BCUT2D eigenvalue weighted by molar-refractivity contribution is 7.22. The molecule has 1 aliphatic heterocycles. The van der Waals surface area contributed by atoms with E-state index in [-0.39, 0.29) is 6.10 Å². The molecule has 34 heavy (non-hydrogen) atoms. The molecule has 5 rings (SSSR count). The number of aryl methyl sites for hydroxylation is 1. The number of ether oxygens (including phenoxy) is 3. The molecule has 0 fully saturated rings. The first-order valence-electron chi connectivity index (χ1n) is 11.2. The highest BCUT2D eigenvalue weighted by atomic mass is 32.1. The molecule has 0 unspecified atom stereocenters. The lowest BCUT2D eigenvalue weighted by Gasteiger charge is -2.12. The molecule has 0 saturated heterocycles. The van der Waals surface area contributed by atoms with Crippen LogP contribution in [0, 0.1) is 12.8 Å². The maximum absolute atomic E-state index is 11.9. The molecule has 8 nitrogen and oxygen atoms in total. The van der Waals surface area contributed by atoms with Crippen LogP contribution in [-0.2, 0) is 11.2 Å². The number of hydrogen-bond acceptors (Lipinski definition) is 8. The van der Waals surface area contributed by atoms with Gasteiger partial charge in [0.15, 0.2) is 0 Å². The van der Waals surface area contributed by atoms with E-state index in [1.165, 1.54) is 0 Å². The summed E-state index contributed by atoms with van der Waals surface area (Å²) in [6.07, 6.45) is 1.77. The summed E-state index contributed by atoms with van der Waals surface area (Å²) in [6, 6.07) is 8.02. The summed E-state index contributed by atoms with van der Waals surface area (Å²) in [5.41, 5.74) is 5.63. The topological polar surface area (TPSA) is 95.5 Å². The van der Waals surface area contributed by atoms with Gasteiger partial charge in [-0.1, -0.05) is 13.8 Å². The van der Waals surface area contributed by atoms with Gasteiger partial charge in [0.2, 0.25) is 5.88 Å². The van der Waals surface area contributed by atoms with Gasteiger partial charge in [0.25, 0.3) is 0 Å². The van der Waals surface area contributed by atoms with Crippen LogP contribution in [0.4, 0.5) is 4.79 Å². The van der Waals surface area contributed by atoms with Crippen LogP contribution in [0.2, 0.25) is 0 Å². The number of benzene rings is 2. The van der Waals surface area contributed by atoms with Gasteiger partial charge in [-0.25, -0.2) is 19.7 Å². The molecular weight excluding hydrogens is 452 g/mol. The van der Waals surface area contributed by atoms with Crippen molar-refractivity contribution in [2.75, 3.05) is 20.3 Å². The highest BCUT2D eigenvalue weighted by Gasteiger charge is 2.27. The minimum absolute atomic E-state index is 0.143. The molecule has 1 amide bonds. The van der Waals surface area contributed by atoms with E-state index in [9.17, 15) is 4.79 Å². The van der Waals surface area contributed by atoms with Gasteiger partial charge in [-0.2, -0.15) is 0 Å². The Hall–Kier alpha value is -3.46. The van der Waals surface area contributed by atoms with Crippen molar-refractivity contribution in [3.8, 4) is 22.2 Å². The van der Waals surface area contributed by atoms with E-state index < -0.39 is 6.09 Å². The molecule has 2 aromatic heterocycles. The number of nitrogens with zero attached hydrogens (tertiary/aromatic N) is 3. The van der Waals surface area contributed by atoms with Crippen LogP contribution in [0.1, 0.15) is 25.0 Å². The van der Waals surface area contributed by atoms with Crippen LogP contribution in [0.5, 0.6) is 11.6 Å². The Kier molecular flexibility index (Phi) is 5.95. The monoisotopic (exact) mass is 478 g/mol. The molecule has 1 N–H and O–H groups in total. The van der Waals surface area contributed by atoms with Crippen molar-refractivity contribution in [3.05, 3.63) is 41.6 Å². The zero-order valence-corrected chi connectivity index (χ0v) is 20.4. The average Bonchev–Trinajstić information content (AvgIpc) is 3.44. The zero-order valence-electron chi connectivity index (χ0n) is 19.5. The van der Waals surface area contributed by atoms with Crippen molar-refractivity contribution in [2.45, 2.75) is 33.3 Å². The highest BCUT2D eigenvalue weighted by Crippen LogP contribution is 2.41. The quantitative estimate of drug-likeness (QED) is 0.421. The lowest BCUT2D eigenvalue weighted by molar-refractivity contribution is 0.127. The second-order valence-electron chi connectivity index (χ2n) is 8.82. The van der Waals surface area contributed by atoms with Gasteiger partial charge in [0.1, 0.15) is 16.9 Å². The van der Waals surface area contributed by atoms with Crippen LogP contribution < -0.4 is 14.8 Å². The van der Waals surface area contributed by atoms with E-state index in [2.05, 4.69) is 21.4 Å². The Morgan fingerprint density at radius 1 is 1.26 bits per heavy atom. The number of methoxy groups -OCH3 is 1. The molecule has 0 saturated carbocycles. The molecule has 0 bridgehead atoms. The number of nitrogens with one attached hydrogen (secondary N) is 1. The number of carbonyl (C=O) groups is 1. The summed E-state index contributed by atoms with van der Waals surface area (Å²) < 4.78 is 17.6. The summed E-state index contributed by atoms with van der Waals surface area (Å²) in [6.45, 7) is 6.82. The predicted molar refractivity (Wildman–Crippen MR) is 132 cm³/mol. The largest absolute Gasteiger partial charge is 0.488 e. The molecule has 0 radical (unpaired) electrons. The van der Waals surface area contributed by atoms with Crippen molar-refractivity contribution in [1.82, 2.24) is 20.3 Å². The average molecular weight is 479 g/mol. The van der Waals surface area contributed by atoms with Gasteiger partial charge >= 0.3 is 6.09 Å². The van der Waals surface area contributed by atoms with E-state index in [1.807, 2.05) is 39.0 Å². The molecule has 4 aromatic rings. The minimum Gasteiger partial charge on any atom is -0.488 e. The van der Waals surface area contributed by atoms with Gasteiger partial charge in [-0.05, 0) is 42.7 Å². The number of alkyl carbamates (subject to hydrolysis) is 1. The molecule has 0 spiro atoms. The number of fused-ring (bicyclic) bond motifs is 4. The summed E-state index contributed by atoms with van der Waals surface area (Å²) in [7, 11) is 1.58. The number of aromatic nitrogens is 3. The number of hydrogen-bond donors (Lipinski definition) is 1. The predicted octanol–water partition coefficient (Wildman–Crippen LogP) is 4.91. The SMILES string of the molecule is COc1cnc2c(-c3nc4ccc5c(c4s3)C[C@@H](CNC(=O)OCC(C)C)O5)cc(C)cc2n1. The third-order valence-corrected chi connectivity index (χ3v) is 6.74. The van der Waals surface area contributed by atoms with Crippen molar-refractivity contribution < 1.29 is 19.0 Å². The first-order valence-corrected chi connectivity index (χ1v) is 12.0. The Balaban J connectivity index is 1.41. The second-order valence-corrected chi connectivity index (χ2v) is 9.82. The molecule has 3 heterocycles. The third kappa shape index (κ3) is 4.35. The molecular formula is C25H26N4O4S. The Morgan fingerprint density at radius 2 is 2.12 bits per heavy atom. The molecule has 2 aromatic carbocycles. The van der Waals surface area contributed by atoms with Crippen LogP contribution in [-0.4, -0.2) is 47.4 Å². The summed E-state index contributed by atoms with van der Waals surface area (Å²) in [4.78, 5) is 26.0. The summed E-state index contributed by atoms with van der Waals surface area (Å²) in [5, 5.41) is 3.69. The maximum atomic E-state index is 11.9. The van der Waals surface area contributed by atoms with E-state index in [0.29, 0.717) is 31.4 Å². The van der Waals surface area contributed by atoms with Gasteiger partial charge in [-0.15, -0.1) is 11.3 Å². The number of rotatable bonds is 6. The fraction of sp³-hybridized carbons (Fsp3) is 0.360. The van der Waals surface area contributed by atoms with Crippen molar-refractivity contribution in [1.29, 1.82) is 0 Å². The Bertz CT molecular complexity index is 1380. The van der Waals surface area contributed by atoms with Crippen LogP contribution in [0.15, 0.2) is 30.5 Å². The lowest BCUT2D eigenvalue weighted by atomic mass is 10.1. The van der Waals surface area contributed by atoms with Crippen LogP contribution in [0.25, 0.3) is 31.8 Å². The molecule has 0 aliphatic carbocycles. The molecule has 1 atom stereocenters. The van der Waals surface area contributed by atoms with E-state index >= 15 is 0 Å². The zero-order chi connectivity index (χ0) is 23.8. The minimum atomic E-state index is -0.414. The normalized spacial score (nSPS) is 14.9. The Labute approximate surface area is 201 Å². The van der Waals surface area contributed by atoms with Crippen LogP contribution >= 0.6 is 11.3 Å².